The molecule has 0 aliphatic carbocycles. The summed E-state index contributed by atoms with van der Waals surface area (Å²) < 4.78 is 2.05. The summed E-state index contributed by atoms with van der Waals surface area (Å²) in [6, 6.07) is 10.5. The van der Waals surface area contributed by atoms with E-state index in [4.69, 9.17) is 4.98 Å². The number of aromatic nitrogens is 2. The molecule has 2 aromatic heterocycles. The van der Waals surface area contributed by atoms with E-state index < -0.39 is 0 Å². The maximum absolute atomic E-state index is 12.3. The average Bonchev–Trinajstić information content (AvgIpc) is 3.16. The molecule has 122 valence electrons. The number of carbonyl (C=O) groups excluding carboxylic acids is 1. The number of anilines is 1. The minimum Gasteiger partial charge on any atom is -0.312 e. The van der Waals surface area contributed by atoms with Crippen molar-refractivity contribution in [1.82, 2.24) is 9.38 Å². The van der Waals surface area contributed by atoms with Gasteiger partial charge in [-0.05, 0) is 48.7 Å². The molecule has 4 nitrogen and oxygen atoms in total. The molecule has 0 N–H and O–H groups in total. The summed E-state index contributed by atoms with van der Waals surface area (Å²) in [6.45, 7) is 6.75. The van der Waals surface area contributed by atoms with Crippen LogP contribution in [0.5, 0.6) is 0 Å². The van der Waals surface area contributed by atoms with Crippen molar-refractivity contribution in [1.29, 1.82) is 0 Å². The summed E-state index contributed by atoms with van der Waals surface area (Å²) in [5, 5.41) is 0. The van der Waals surface area contributed by atoms with E-state index >= 15 is 0 Å². The van der Waals surface area contributed by atoms with Crippen molar-refractivity contribution in [2.24, 2.45) is 5.92 Å². The molecule has 0 bridgehead atoms. The minimum absolute atomic E-state index is 0.0253. The van der Waals surface area contributed by atoms with Crippen LogP contribution in [0.15, 0.2) is 42.7 Å². The Kier molecular flexibility index (Phi) is 3.41. The Labute approximate surface area is 141 Å². The molecular weight excluding hydrogens is 298 g/mol. The molecule has 0 saturated carbocycles. The van der Waals surface area contributed by atoms with E-state index in [9.17, 15) is 4.79 Å². The van der Waals surface area contributed by atoms with Gasteiger partial charge in [-0.25, -0.2) is 4.98 Å². The first-order valence-electron chi connectivity index (χ1n) is 8.43. The molecule has 1 aromatic carbocycles. The van der Waals surface area contributed by atoms with Gasteiger partial charge in [-0.1, -0.05) is 19.9 Å². The summed E-state index contributed by atoms with van der Waals surface area (Å²) in [4.78, 5) is 19.0. The maximum atomic E-state index is 12.3. The maximum Gasteiger partial charge on any atom is 0.229 e. The Bertz CT molecular complexity index is 939. The monoisotopic (exact) mass is 319 g/mol. The SMILES string of the molecule is Cc1ccn2cc(-c3ccc4c(c3)CCN4C(=O)C(C)C)nc2c1. The van der Waals surface area contributed by atoms with Gasteiger partial charge in [0, 0.05) is 36.1 Å². The van der Waals surface area contributed by atoms with Crippen LogP contribution >= 0.6 is 0 Å². The highest BCUT2D eigenvalue weighted by molar-refractivity contribution is 5.97. The van der Waals surface area contributed by atoms with Crippen molar-refractivity contribution >= 4 is 17.2 Å². The zero-order chi connectivity index (χ0) is 16.8. The van der Waals surface area contributed by atoms with Crippen molar-refractivity contribution in [2.45, 2.75) is 27.2 Å². The van der Waals surface area contributed by atoms with Crippen LogP contribution in [-0.4, -0.2) is 21.8 Å². The van der Waals surface area contributed by atoms with E-state index in [1.165, 1.54) is 11.1 Å². The number of nitrogens with zero attached hydrogens (tertiary/aromatic N) is 3. The molecule has 1 aliphatic heterocycles. The number of benzene rings is 1. The average molecular weight is 319 g/mol. The number of aryl methyl sites for hydroxylation is 1. The van der Waals surface area contributed by atoms with E-state index in [0.717, 1.165) is 35.6 Å². The van der Waals surface area contributed by atoms with Crippen molar-refractivity contribution in [3.05, 3.63) is 53.9 Å². The molecule has 1 aliphatic rings. The van der Waals surface area contributed by atoms with Crippen LogP contribution in [0.25, 0.3) is 16.9 Å². The van der Waals surface area contributed by atoms with Crippen molar-refractivity contribution in [3.8, 4) is 11.3 Å². The summed E-state index contributed by atoms with van der Waals surface area (Å²) in [7, 11) is 0. The lowest BCUT2D eigenvalue weighted by Crippen LogP contribution is -2.32. The van der Waals surface area contributed by atoms with E-state index in [-0.39, 0.29) is 11.8 Å². The van der Waals surface area contributed by atoms with Crippen LogP contribution in [0.2, 0.25) is 0 Å². The van der Waals surface area contributed by atoms with E-state index in [0.29, 0.717) is 0 Å². The predicted octanol–water partition coefficient (Wildman–Crippen LogP) is 3.85. The highest BCUT2D eigenvalue weighted by Gasteiger charge is 2.26. The van der Waals surface area contributed by atoms with Crippen LogP contribution in [0.1, 0.15) is 25.0 Å². The minimum atomic E-state index is 0.0253. The molecule has 3 aromatic rings. The highest BCUT2D eigenvalue weighted by atomic mass is 16.2. The van der Waals surface area contributed by atoms with Crippen LogP contribution < -0.4 is 4.90 Å². The Morgan fingerprint density at radius 2 is 2.04 bits per heavy atom. The molecule has 3 heterocycles. The van der Waals surface area contributed by atoms with Crippen molar-refractivity contribution in [2.75, 3.05) is 11.4 Å². The van der Waals surface area contributed by atoms with E-state index in [1.807, 2.05) is 29.3 Å². The van der Waals surface area contributed by atoms with Gasteiger partial charge >= 0.3 is 0 Å². The number of pyridine rings is 1. The number of rotatable bonds is 2. The molecule has 0 atom stereocenters. The second-order valence-corrected chi connectivity index (χ2v) is 6.83. The summed E-state index contributed by atoms with van der Waals surface area (Å²) in [6.07, 6.45) is 5.01. The second kappa shape index (κ2) is 5.48. The van der Waals surface area contributed by atoms with Crippen LogP contribution in [0.3, 0.4) is 0 Å². The van der Waals surface area contributed by atoms with Crippen molar-refractivity contribution < 1.29 is 4.79 Å². The Morgan fingerprint density at radius 3 is 2.83 bits per heavy atom. The molecule has 0 saturated heterocycles. The fraction of sp³-hybridized carbons (Fsp3) is 0.300. The summed E-state index contributed by atoms with van der Waals surface area (Å²) in [5.74, 6) is 0.224. The predicted molar refractivity (Wildman–Crippen MR) is 96.3 cm³/mol. The highest BCUT2D eigenvalue weighted by Crippen LogP contribution is 2.33. The van der Waals surface area contributed by atoms with E-state index in [1.54, 1.807) is 0 Å². The van der Waals surface area contributed by atoms with Crippen LogP contribution in [-0.2, 0) is 11.2 Å². The lowest BCUT2D eigenvalue weighted by Gasteiger charge is -2.19. The largest absolute Gasteiger partial charge is 0.312 e. The molecule has 4 rings (SSSR count). The third-order valence-corrected chi connectivity index (χ3v) is 4.65. The van der Waals surface area contributed by atoms with Gasteiger partial charge in [-0.3, -0.25) is 4.79 Å². The van der Waals surface area contributed by atoms with Gasteiger partial charge < -0.3 is 9.30 Å². The number of imidazole rings is 1. The zero-order valence-electron chi connectivity index (χ0n) is 14.3. The zero-order valence-corrected chi connectivity index (χ0v) is 14.3. The van der Waals surface area contributed by atoms with Gasteiger partial charge in [-0.2, -0.15) is 0 Å². The van der Waals surface area contributed by atoms with Crippen LogP contribution in [0, 0.1) is 12.8 Å². The normalized spacial score (nSPS) is 13.8. The number of carbonyl (C=O) groups is 1. The lowest BCUT2D eigenvalue weighted by molar-refractivity contribution is -0.121. The smallest absolute Gasteiger partial charge is 0.229 e. The van der Waals surface area contributed by atoms with Gasteiger partial charge in [0.2, 0.25) is 5.91 Å². The fourth-order valence-electron chi connectivity index (χ4n) is 3.32. The Morgan fingerprint density at radius 1 is 1.21 bits per heavy atom. The molecule has 0 unspecified atom stereocenters. The molecule has 0 fully saturated rings. The fourth-order valence-corrected chi connectivity index (χ4v) is 3.32. The molecular formula is C20H21N3O. The molecule has 4 heteroatoms. The van der Waals surface area contributed by atoms with Crippen molar-refractivity contribution in [3.63, 3.8) is 0 Å². The number of amides is 1. The summed E-state index contributed by atoms with van der Waals surface area (Å²) >= 11 is 0. The second-order valence-electron chi connectivity index (χ2n) is 6.83. The third kappa shape index (κ3) is 2.39. The number of fused-ring (bicyclic) bond motifs is 2. The Hall–Kier alpha value is -2.62. The number of hydrogen-bond acceptors (Lipinski definition) is 2. The first-order chi connectivity index (χ1) is 11.5. The van der Waals surface area contributed by atoms with Gasteiger partial charge in [0.05, 0.1) is 5.69 Å². The standard InChI is InChI=1S/C20H21N3O/c1-13(2)20(24)23-9-7-16-11-15(4-5-18(16)23)17-12-22-8-6-14(3)10-19(22)21-17/h4-6,8,10-13H,7,9H2,1-3H3. The van der Waals surface area contributed by atoms with Crippen LogP contribution in [0.4, 0.5) is 5.69 Å². The molecule has 0 radical (unpaired) electrons. The molecule has 24 heavy (non-hydrogen) atoms. The first kappa shape index (κ1) is 14.9. The van der Waals surface area contributed by atoms with Gasteiger partial charge in [0.15, 0.2) is 0 Å². The first-order valence-corrected chi connectivity index (χ1v) is 8.43. The third-order valence-electron chi connectivity index (χ3n) is 4.65. The quantitative estimate of drug-likeness (QED) is 0.719. The van der Waals surface area contributed by atoms with Gasteiger partial charge in [-0.15, -0.1) is 0 Å². The Balaban J connectivity index is 1.72. The number of hydrogen-bond donors (Lipinski definition) is 0. The van der Waals surface area contributed by atoms with Gasteiger partial charge in [0.25, 0.3) is 0 Å². The topological polar surface area (TPSA) is 37.6 Å². The molecule has 0 spiro atoms. The molecule has 1 amide bonds. The lowest BCUT2D eigenvalue weighted by atomic mass is 10.1. The van der Waals surface area contributed by atoms with Gasteiger partial charge in [0.1, 0.15) is 5.65 Å². The summed E-state index contributed by atoms with van der Waals surface area (Å²) in [5.41, 5.74) is 6.52. The van der Waals surface area contributed by atoms with E-state index in [2.05, 4.69) is 43.5 Å².